The van der Waals surface area contributed by atoms with E-state index in [9.17, 15) is 4.79 Å². The zero-order valence-electron chi connectivity index (χ0n) is 11.8. The van der Waals surface area contributed by atoms with Crippen molar-refractivity contribution in [2.45, 2.75) is 31.7 Å². The molecule has 110 valence electrons. The standard InChI is InChI=1S/C14H21ClN4O/c1-18-14(20)13(15)12(8-17-18)19-7-3-4-10(9-19)11-5-2-6-16-11/h8,10-11,16H,2-7,9H2,1H3. The lowest BCUT2D eigenvalue weighted by Crippen LogP contribution is -2.44. The molecule has 1 aromatic heterocycles. The largest absolute Gasteiger partial charge is 0.369 e. The molecule has 2 aliphatic rings. The smallest absolute Gasteiger partial charge is 0.287 e. The van der Waals surface area contributed by atoms with Gasteiger partial charge in [0.05, 0.1) is 11.9 Å². The lowest BCUT2D eigenvalue weighted by molar-refractivity contribution is 0.328. The van der Waals surface area contributed by atoms with Gasteiger partial charge >= 0.3 is 0 Å². The van der Waals surface area contributed by atoms with E-state index in [2.05, 4.69) is 15.3 Å². The average Bonchev–Trinajstić information content (AvgIpc) is 2.99. The van der Waals surface area contributed by atoms with E-state index >= 15 is 0 Å². The molecule has 0 saturated carbocycles. The van der Waals surface area contributed by atoms with Gasteiger partial charge in [-0.05, 0) is 38.1 Å². The molecule has 20 heavy (non-hydrogen) atoms. The van der Waals surface area contributed by atoms with Crippen molar-refractivity contribution in [2.24, 2.45) is 13.0 Å². The van der Waals surface area contributed by atoms with Gasteiger partial charge in [-0.25, -0.2) is 4.68 Å². The summed E-state index contributed by atoms with van der Waals surface area (Å²) in [5.74, 6) is 0.645. The third-order valence-corrected chi connectivity index (χ3v) is 4.88. The number of piperidine rings is 1. The Morgan fingerprint density at radius 3 is 3.00 bits per heavy atom. The molecule has 0 radical (unpaired) electrons. The normalized spacial score (nSPS) is 27.0. The summed E-state index contributed by atoms with van der Waals surface area (Å²) in [6.07, 6.45) is 6.66. The van der Waals surface area contributed by atoms with Crippen LogP contribution < -0.4 is 15.8 Å². The molecular weight excluding hydrogens is 276 g/mol. The molecule has 0 aromatic carbocycles. The SMILES string of the molecule is Cn1ncc(N2CCCC(C3CCCN3)C2)c(Cl)c1=O. The Balaban J connectivity index is 1.80. The topological polar surface area (TPSA) is 50.2 Å². The van der Waals surface area contributed by atoms with E-state index < -0.39 is 0 Å². The van der Waals surface area contributed by atoms with Gasteiger partial charge in [0, 0.05) is 26.2 Å². The lowest BCUT2D eigenvalue weighted by Gasteiger charge is -2.37. The fraction of sp³-hybridized carbons (Fsp3) is 0.714. The minimum absolute atomic E-state index is 0.217. The van der Waals surface area contributed by atoms with Gasteiger partial charge in [0.2, 0.25) is 0 Å². The molecule has 2 atom stereocenters. The number of rotatable bonds is 2. The quantitative estimate of drug-likeness (QED) is 0.896. The van der Waals surface area contributed by atoms with Crippen LogP contribution in [0.2, 0.25) is 5.02 Å². The van der Waals surface area contributed by atoms with Gasteiger partial charge in [0.15, 0.2) is 0 Å². The molecule has 6 heteroatoms. The van der Waals surface area contributed by atoms with E-state index in [1.807, 2.05) is 0 Å². The summed E-state index contributed by atoms with van der Waals surface area (Å²) >= 11 is 6.21. The van der Waals surface area contributed by atoms with E-state index in [-0.39, 0.29) is 5.56 Å². The maximum Gasteiger partial charge on any atom is 0.287 e. The zero-order valence-corrected chi connectivity index (χ0v) is 12.6. The number of aryl methyl sites for hydroxylation is 1. The van der Waals surface area contributed by atoms with Crippen molar-refractivity contribution < 1.29 is 0 Å². The van der Waals surface area contributed by atoms with Crippen LogP contribution in [0.25, 0.3) is 0 Å². The summed E-state index contributed by atoms with van der Waals surface area (Å²) in [6, 6.07) is 0.621. The van der Waals surface area contributed by atoms with Crippen molar-refractivity contribution in [1.82, 2.24) is 15.1 Å². The Hall–Kier alpha value is -1.07. The van der Waals surface area contributed by atoms with E-state index in [1.165, 1.54) is 23.9 Å². The summed E-state index contributed by atoms with van der Waals surface area (Å²) in [6.45, 7) is 3.05. The summed E-state index contributed by atoms with van der Waals surface area (Å²) in [5.41, 5.74) is 0.572. The molecule has 3 heterocycles. The summed E-state index contributed by atoms with van der Waals surface area (Å²) < 4.78 is 1.28. The van der Waals surface area contributed by atoms with Crippen LogP contribution in [0, 0.1) is 5.92 Å². The Morgan fingerprint density at radius 2 is 2.25 bits per heavy atom. The molecular formula is C14H21ClN4O. The van der Waals surface area contributed by atoms with E-state index in [4.69, 9.17) is 11.6 Å². The van der Waals surface area contributed by atoms with Gasteiger partial charge in [-0.15, -0.1) is 0 Å². The summed E-state index contributed by atoms with van der Waals surface area (Å²) in [7, 11) is 1.62. The molecule has 2 unspecified atom stereocenters. The van der Waals surface area contributed by atoms with Crippen LogP contribution in [-0.4, -0.2) is 35.5 Å². The molecule has 1 aromatic rings. The fourth-order valence-electron chi connectivity index (χ4n) is 3.39. The Morgan fingerprint density at radius 1 is 1.40 bits per heavy atom. The summed E-state index contributed by atoms with van der Waals surface area (Å²) in [5, 5.41) is 7.99. The predicted octanol–water partition coefficient (Wildman–Crippen LogP) is 1.40. The highest BCUT2D eigenvalue weighted by atomic mass is 35.5. The van der Waals surface area contributed by atoms with Crippen LogP contribution in [0.3, 0.4) is 0 Å². The first-order chi connectivity index (χ1) is 9.66. The molecule has 3 rings (SSSR count). The second-order valence-electron chi connectivity index (χ2n) is 5.82. The number of anilines is 1. The van der Waals surface area contributed by atoms with Crippen LogP contribution in [0.15, 0.2) is 11.0 Å². The third-order valence-electron chi connectivity index (χ3n) is 4.53. The molecule has 0 bridgehead atoms. The minimum Gasteiger partial charge on any atom is -0.369 e. The fourth-order valence-corrected chi connectivity index (χ4v) is 3.68. The highest BCUT2D eigenvalue weighted by molar-refractivity contribution is 6.33. The zero-order chi connectivity index (χ0) is 14.1. The molecule has 2 saturated heterocycles. The Labute approximate surface area is 123 Å². The van der Waals surface area contributed by atoms with Crippen LogP contribution in [-0.2, 0) is 7.05 Å². The molecule has 0 spiro atoms. The highest BCUT2D eigenvalue weighted by Crippen LogP contribution is 2.30. The predicted molar refractivity (Wildman–Crippen MR) is 80.4 cm³/mol. The lowest BCUT2D eigenvalue weighted by atomic mass is 9.89. The maximum absolute atomic E-state index is 11.9. The van der Waals surface area contributed by atoms with Gasteiger partial charge in [0.1, 0.15) is 5.02 Å². The first-order valence-corrected chi connectivity index (χ1v) is 7.75. The molecule has 2 aliphatic heterocycles. The minimum atomic E-state index is -0.217. The Kier molecular flexibility index (Phi) is 3.98. The van der Waals surface area contributed by atoms with E-state index in [0.717, 1.165) is 31.7 Å². The highest BCUT2D eigenvalue weighted by Gasteiger charge is 2.30. The number of hydrogen-bond acceptors (Lipinski definition) is 4. The van der Waals surface area contributed by atoms with E-state index in [0.29, 0.717) is 17.0 Å². The van der Waals surface area contributed by atoms with Gasteiger partial charge < -0.3 is 10.2 Å². The van der Waals surface area contributed by atoms with Crippen molar-refractivity contribution in [1.29, 1.82) is 0 Å². The molecule has 5 nitrogen and oxygen atoms in total. The number of nitrogens with zero attached hydrogens (tertiary/aromatic N) is 3. The van der Waals surface area contributed by atoms with Gasteiger partial charge in [-0.2, -0.15) is 5.10 Å². The average molecular weight is 297 g/mol. The second-order valence-corrected chi connectivity index (χ2v) is 6.20. The van der Waals surface area contributed by atoms with Crippen LogP contribution >= 0.6 is 11.6 Å². The first kappa shape index (κ1) is 13.9. The van der Waals surface area contributed by atoms with Gasteiger partial charge in [-0.1, -0.05) is 11.6 Å². The van der Waals surface area contributed by atoms with Crippen LogP contribution in [0.5, 0.6) is 0 Å². The molecule has 1 N–H and O–H groups in total. The number of hydrogen-bond donors (Lipinski definition) is 1. The maximum atomic E-state index is 11.9. The van der Waals surface area contributed by atoms with Crippen molar-refractivity contribution in [3.05, 3.63) is 21.6 Å². The van der Waals surface area contributed by atoms with Crippen molar-refractivity contribution >= 4 is 17.3 Å². The summed E-state index contributed by atoms with van der Waals surface area (Å²) in [4.78, 5) is 14.1. The number of aromatic nitrogens is 2. The van der Waals surface area contributed by atoms with Gasteiger partial charge in [-0.3, -0.25) is 4.79 Å². The number of nitrogens with one attached hydrogen (secondary N) is 1. The van der Waals surface area contributed by atoms with E-state index in [1.54, 1.807) is 13.2 Å². The molecule has 0 amide bonds. The van der Waals surface area contributed by atoms with Crippen molar-refractivity contribution in [3.8, 4) is 0 Å². The molecule has 0 aliphatic carbocycles. The van der Waals surface area contributed by atoms with Gasteiger partial charge in [0.25, 0.3) is 5.56 Å². The second kappa shape index (κ2) is 5.74. The monoisotopic (exact) mass is 296 g/mol. The number of halogens is 1. The molecule has 2 fully saturated rings. The van der Waals surface area contributed by atoms with Crippen LogP contribution in [0.1, 0.15) is 25.7 Å². The third kappa shape index (κ3) is 2.56. The van der Waals surface area contributed by atoms with Crippen molar-refractivity contribution in [3.63, 3.8) is 0 Å². The van der Waals surface area contributed by atoms with Crippen molar-refractivity contribution in [2.75, 3.05) is 24.5 Å². The first-order valence-electron chi connectivity index (χ1n) is 7.37. The van der Waals surface area contributed by atoms with Crippen LogP contribution in [0.4, 0.5) is 5.69 Å². The Bertz CT molecular complexity index is 538.